The Morgan fingerprint density at radius 3 is 2.40 bits per heavy atom. The largest absolute Gasteiger partial charge is 0.494 e. The second kappa shape index (κ2) is 13.2. The van der Waals surface area contributed by atoms with Crippen LogP contribution in [0.25, 0.3) is 0 Å². The van der Waals surface area contributed by atoms with Crippen LogP contribution in [-0.2, 0) is 19.1 Å². The van der Waals surface area contributed by atoms with Gasteiger partial charge in [0.15, 0.2) is 0 Å². The summed E-state index contributed by atoms with van der Waals surface area (Å²) >= 11 is 0. The van der Waals surface area contributed by atoms with Gasteiger partial charge in [-0.1, -0.05) is 38.3 Å². The maximum absolute atomic E-state index is 14.7. The third-order valence-electron chi connectivity index (χ3n) is 9.99. The molecule has 43 heavy (non-hydrogen) atoms. The molecular formula is C34H47N3O6. The number of carbonyl (C=O) groups excluding carboxylic acids is 3. The summed E-state index contributed by atoms with van der Waals surface area (Å²) in [6.45, 7) is 12.5. The van der Waals surface area contributed by atoms with E-state index in [0.717, 1.165) is 32.1 Å². The molecule has 1 aromatic rings. The van der Waals surface area contributed by atoms with Crippen LogP contribution in [-0.4, -0.2) is 88.8 Å². The number of likely N-dealkylation sites (tertiary alicyclic amines) is 1. The molecule has 4 fully saturated rings. The van der Waals surface area contributed by atoms with Crippen molar-refractivity contribution in [3.63, 3.8) is 0 Å². The van der Waals surface area contributed by atoms with Crippen LogP contribution in [0.5, 0.6) is 5.75 Å². The van der Waals surface area contributed by atoms with Crippen LogP contribution in [0, 0.1) is 11.8 Å². The molecule has 1 spiro atoms. The van der Waals surface area contributed by atoms with Crippen molar-refractivity contribution < 1.29 is 29.0 Å². The zero-order valence-electron chi connectivity index (χ0n) is 25.7. The van der Waals surface area contributed by atoms with E-state index in [1.807, 2.05) is 43.0 Å². The normalized spacial score (nSPS) is 28.8. The average Bonchev–Trinajstić information content (AvgIpc) is 3.67. The van der Waals surface area contributed by atoms with Crippen LogP contribution in [0.3, 0.4) is 0 Å². The molecule has 1 aliphatic carbocycles. The van der Waals surface area contributed by atoms with Crippen LogP contribution in [0.1, 0.15) is 65.2 Å². The van der Waals surface area contributed by atoms with E-state index >= 15 is 0 Å². The summed E-state index contributed by atoms with van der Waals surface area (Å²) in [7, 11) is 0. The molecule has 1 saturated carbocycles. The lowest BCUT2D eigenvalue weighted by Crippen LogP contribution is -2.60. The molecule has 1 N–H and O–H groups in total. The number of rotatable bonds is 13. The smallest absolute Gasteiger partial charge is 0.248 e. The van der Waals surface area contributed by atoms with E-state index in [9.17, 15) is 19.5 Å². The van der Waals surface area contributed by atoms with Crippen LogP contribution in [0.4, 0.5) is 5.69 Å². The SMILES string of the molecule is C=CCN(C(=O)[C@@H]1[C@H]2C(=O)N([C@@H](CC)CO)C(C(=O)N(CC=C)C3CCCCC3)C23CC[C@H]1O3)c1ccc(OCC)cc1. The van der Waals surface area contributed by atoms with Crippen molar-refractivity contribution in [3.8, 4) is 5.75 Å². The van der Waals surface area contributed by atoms with E-state index in [0.29, 0.717) is 43.9 Å². The Labute approximate surface area is 255 Å². The molecule has 9 heteroatoms. The van der Waals surface area contributed by atoms with Crippen LogP contribution >= 0.6 is 0 Å². The predicted octanol–water partition coefficient (Wildman–Crippen LogP) is 4.10. The minimum Gasteiger partial charge on any atom is -0.494 e. The first-order valence-electron chi connectivity index (χ1n) is 16.0. The maximum atomic E-state index is 14.7. The average molecular weight is 594 g/mol. The molecule has 0 aromatic heterocycles. The highest BCUT2D eigenvalue weighted by Gasteiger charge is 2.75. The first kappa shape index (κ1) is 31.3. The number of fused-ring (bicyclic) bond motifs is 1. The molecule has 234 valence electrons. The molecule has 3 amide bonds. The van der Waals surface area contributed by atoms with Gasteiger partial charge in [-0.05, 0) is 63.3 Å². The number of aliphatic hydroxyl groups is 1. The predicted molar refractivity (Wildman–Crippen MR) is 165 cm³/mol. The quantitative estimate of drug-likeness (QED) is 0.346. The van der Waals surface area contributed by atoms with Crippen molar-refractivity contribution >= 4 is 23.4 Å². The van der Waals surface area contributed by atoms with Crippen LogP contribution < -0.4 is 9.64 Å². The molecule has 6 atom stereocenters. The third-order valence-corrected chi connectivity index (χ3v) is 9.99. The van der Waals surface area contributed by atoms with E-state index in [1.54, 1.807) is 22.0 Å². The molecule has 5 rings (SSSR count). The Bertz CT molecular complexity index is 1190. The lowest BCUT2D eigenvalue weighted by atomic mass is 9.70. The summed E-state index contributed by atoms with van der Waals surface area (Å²) in [6.07, 6.45) is 9.63. The third kappa shape index (κ3) is 5.39. The van der Waals surface area contributed by atoms with Gasteiger partial charge >= 0.3 is 0 Å². The fourth-order valence-corrected chi connectivity index (χ4v) is 8.09. The second-order valence-electron chi connectivity index (χ2n) is 12.3. The summed E-state index contributed by atoms with van der Waals surface area (Å²) in [6, 6.07) is 5.94. The molecule has 3 heterocycles. The van der Waals surface area contributed by atoms with Crippen LogP contribution in [0.2, 0.25) is 0 Å². The molecular weight excluding hydrogens is 546 g/mol. The zero-order chi connectivity index (χ0) is 30.7. The summed E-state index contributed by atoms with van der Waals surface area (Å²) in [5.74, 6) is -1.48. The highest BCUT2D eigenvalue weighted by molar-refractivity contribution is 6.03. The summed E-state index contributed by atoms with van der Waals surface area (Å²) in [5.41, 5.74) is -0.439. The number of anilines is 1. The highest BCUT2D eigenvalue weighted by atomic mass is 16.5. The van der Waals surface area contributed by atoms with E-state index in [-0.39, 0.29) is 36.9 Å². The van der Waals surface area contributed by atoms with Crippen molar-refractivity contribution in [3.05, 3.63) is 49.6 Å². The van der Waals surface area contributed by atoms with E-state index in [1.165, 1.54) is 0 Å². The first-order chi connectivity index (χ1) is 20.9. The standard InChI is InChI=1S/C34H47N3O6/c1-5-20-35(25-14-16-26(17-15-25)42-8-4)31(39)28-27-18-19-34(43-27)29(28)32(40)37(23(7-3)22-38)30(34)33(41)36(21-6-2)24-12-10-9-11-13-24/h5-6,14-17,23-24,27-30,38H,1-2,7-13,18-22H2,3-4H3/t23-,27+,28-,29-,30?,34?/m0/s1. The van der Waals surface area contributed by atoms with Crippen molar-refractivity contribution in [2.45, 2.75) is 95.0 Å². The molecule has 3 saturated heterocycles. The van der Waals surface area contributed by atoms with Crippen LogP contribution in [0.15, 0.2) is 49.6 Å². The topological polar surface area (TPSA) is 99.6 Å². The monoisotopic (exact) mass is 593 g/mol. The summed E-state index contributed by atoms with van der Waals surface area (Å²) < 4.78 is 12.3. The highest BCUT2D eigenvalue weighted by Crippen LogP contribution is 2.59. The number of aliphatic hydroxyl groups excluding tert-OH is 1. The minimum absolute atomic E-state index is 0.0691. The lowest BCUT2D eigenvalue weighted by Gasteiger charge is -2.42. The van der Waals surface area contributed by atoms with Gasteiger partial charge in [0.25, 0.3) is 0 Å². The van der Waals surface area contributed by atoms with Gasteiger partial charge in [0.1, 0.15) is 17.4 Å². The first-order valence-corrected chi connectivity index (χ1v) is 16.0. The lowest BCUT2D eigenvalue weighted by molar-refractivity contribution is -0.153. The Balaban J connectivity index is 1.53. The Kier molecular flexibility index (Phi) is 9.61. The van der Waals surface area contributed by atoms with Gasteiger partial charge in [-0.15, -0.1) is 13.2 Å². The Morgan fingerprint density at radius 2 is 1.79 bits per heavy atom. The molecule has 1 aromatic carbocycles. The number of hydrogen-bond donors (Lipinski definition) is 1. The second-order valence-corrected chi connectivity index (χ2v) is 12.3. The number of hydrogen-bond acceptors (Lipinski definition) is 6. The van der Waals surface area contributed by atoms with E-state index < -0.39 is 35.6 Å². The van der Waals surface area contributed by atoms with Gasteiger partial charge < -0.3 is 29.3 Å². The van der Waals surface area contributed by atoms with Crippen molar-refractivity contribution in [2.24, 2.45) is 11.8 Å². The molecule has 9 nitrogen and oxygen atoms in total. The number of carbonyl (C=O) groups is 3. The molecule has 0 radical (unpaired) electrons. The van der Waals surface area contributed by atoms with Gasteiger partial charge in [-0.2, -0.15) is 0 Å². The number of ether oxygens (including phenoxy) is 2. The summed E-state index contributed by atoms with van der Waals surface area (Å²) in [5, 5.41) is 10.4. The Morgan fingerprint density at radius 1 is 1.09 bits per heavy atom. The minimum atomic E-state index is -1.12. The van der Waals surface area contributed by atoms with Crippen molar-refractivity contribution in [2.75, 3.05) is 31.2 Å². The number of benzene rings is 1. The summed E-state index contributed by atoms with van der Waals surface area (Å²) in [4.78, 5) is 48.7. The van der Waals surface area contributed by atoms with Crippen molar-refractivity contribution in [1.29, 1.82) is 0 Å². The Hall–Kier alpha value is -3.17. The fraction of sp³-hybridized carbons (Fsp3) is 0.618. The zero-order valence-corrected chi connectivity index (χ0v) is 25.7. The van der Waals surface area contributed by atoms with Gasteiger partial charge in [0.05, 0.1) is 37.2 Å². The van der Waals surface area contributed by atoms with E-state index in [4.69, 9.17) is 9.47 Å². The van der Waals surface area contributed by atoms with Crippen molar-refractivity contribution in [1.82, 2.24) is 9.80 Å². The number of nitrogens with zero attached hydrogens (tertiary/aromatic N) is 3. The van der Waals surface area contributed by atoms with Gasteiger partial charge in [-0.25, -0.2) is 0 Å². The number of amides is 3. The maximum Gasteiger partial charge on any atom is 0.248 e. The van der Waals surface area contributed by atoms with Gasteiger partial charge in [0, 0.05) is 24.8 Å². The van der Waals surface area contributed by atoms with Gasteiger partial charge in [-0.3, -0.25) is 14.4 Å². The molecule has 3 aliphatic heterocycles. The molecule has 2 bridgehead atoms. The molecule has 4 aliphatic rings. The molecule has 2 unspecified atom stereocenters. The van der Waals surface area contributed by atoms with E-state index in [2.05, 4.69) is 13.2 Å². The fourth-order valence-electron chi connectivity index (χ4n) is 8.09. The van der Waals surface area contributed by atoms with Gasteiger partial charge in [0.2, 0.25) is 17.7 Å².